The number of para-hydroxylation sites is 1. The first-order valence-electron chi connectivity index (χ1n) is 8.37. The lowest BCUT2D eigenvalue weighted by atomic mass is 10.1. The Kier molecular flexibility index (Phi) is 7.33. The number of carbonyl (C=O) groups excluding carboxylic acids is 2. The molecule has 28 heavy (non-hydrogen) atoms. The first-order chi connectivity index (χ1) is 13.1. The van der Waals surface area contributed by atoms with Gasteiger partial charge in [0.25, 0.3) is 0 Å². The SMILES string of the molecule is CC(=O)Nc1cccc(C(C)NC(=O)Nc2ccccc2SCC(F)(F)F)c1. The van der Waals surface area contributed by atoms with Crippen molar-refractivity contribution in [3.8, 4) is 0 Å². The number of hydrogen-bond donors (Lipinski definition) is 3. The molecule has 3 amide bonds. The highest BCUT2D eigenvalue weighted by atomic mass is 32.2. The van der Waals surface area contributed by atoms with Gasteiger partial charge in [-0.25, -0.2) is 4.79 Å². The number of carbonyl (C=O) groups is 2. The molecular weight excluding hydrogens is 391 g/mol. The molecule has 0 aliphatic rings. The Balaban J connectivity index is 2.01. The van der Waals surface area contributed by atoms with Crippen LogP contribution in [0.15, 0.2) is 53.4 Å². The van der Waals surface area contributed by atoms with Crippen LogP contribution in [0.1, 0.15) is 25.5 Å². The molecule has 1 atom stereocenters. The summed E-state index contributed by atoms with van der Waals surface area (Å²) >= 11 is 0.611. The number of hydrogen-bond acceptors (Lipinski definition) is 3. The quantitative estimate of drug-likeness (QED) is 0.574. The number of nitrogens with one attached hydrogen (secondary N) is 3. The second-order valence-electron chi connectivity index (χ2n) is 6.03. The number of thioether (sulfide) groups is 1. The summed E-state index contributed by atoms with van der Waals surface area (Å²) in [5.41, 5.74) is 1.67. The predicted molar refractivity (Wildman–Crippen MR) is 105 cm³/mol. The summed E-state index contributed by atoms with van der Waals surface area (Å²) in [5.74, 6) is -1.25. The van der Waals surface area contributed by atoms with Crippen molar-refractivity contribution in [3.63, 3.8) is 0 Å². The highest BCUT2D eigenvalue weighted by molar-refractivity contribution is 7.99. The van der Waals surface area contributed by atoms with Crippen LogP contribution in [-0.4, -0.2) is 23.9 Å². The van der Waals surface area contributed by atoms with Crippen LogP contribution in [0.25, 0.3) is 0 Å². The number of urea groups is 1. The summed E-state index contributed by atoms with van der Waals surface area (Å²) in [6.07, 6.45) is -4.30. The summed E-state index contributed by atoms with van der Waals surface area (Å²) in [6, 6.07) is 12.4. The van der Waals surface area contributed by atoms with E-state index in [0.717, 1.165) is 5.56 Å². The Morgan fingerprint density at radius 3 is 2.46 bits per heavy atom. The highest BCUT2D eigenvalue weighted by Crippen LogP contribution is 2.32. The lowest BCUT2D eigenvalue weighted by molar-refractivity contribution is -0.114. The molecule has 0 aromatic heterocycles. The third-order valence-electron chi connectivity index (χ3n) is 3.58. The van der Waals surface area contributed by atoms with E-state index in [-0.39, 0.29) is 11.9 Å². The molecule has 0 heterocycles. The molecule has 1 unspecified atom stereocenters. The summed E-state index contributed by atoms with van der Waals surface area (Å²) in [7, 11) is 0. The van der Waals surface area contributed by atoms with Crippen LogP contribution in [0.3, 0.4) is 0 Å². The minimum absolute atomic E-state index is 0.205. The summed E-state index contributed by atoms with van der Waals surface area (Å²) in [5, 5.41) is 7.98. The van der Waals surface area contributed by atoms with E-state index in [4.69, 9.17) is 0 Å². The van der Waals surface area contributed by atoms with E-state index < -0.39 is 18.0 Å². The zero-order valence-corrected chi connectivity index (χ0v) is 16.1. The third kappa shape index (κ3) is 7.15. The minimum atomic E-state index is -4.30. The average Bonchev–Trinajstić information content (AvgIpc) is 2.60. The van der Waals surface area contributed by atoms with Gasteiger partial charge in [-0.05, 0) is 36.8 Å². The fourth-order valence-electron chi connectivity index (χ4n) is 2.38. The molecule has 9 heteroatoms. The molecule has 0 aliphatic carbocycles. The van der Waals surface area contributed by atoms with E-state index in [0.29, 0.717) is 28.0 Å². The van der Waals surface area contributed by atoms with E-state index in [1.165, 1.54) is 13.0 Å². The largest absolute Gasteiger partial charge is 0.398 e. The molecule has 0 saturated heterocycles. The summed E-state index contributed by atoms with van der Waals surface area (Å²) in [4.78, 5) is 23.8. The fraction of sp³-hybridized carbons (Fsp3) is 0.263. The average molecular weight is 411 g/mol. The van der Waals surface area contributed by atoms with Gasteiger partial charge in [0.1, 0.15) is 0 Å². The van der Waals surface area contributed by atoms with E-state index in [1.807, 2.05) is 0 Å². The van der Waals surface area contributed by atoms with Crippen molar-refractivity contribution in [3.05, 3.63) is 54.1 Å². The Morgan fingerprint density at radius 1 is 1.07 bits per heavy atom. The normalized spacial score (nSPS) is 12.2. The number of benzene rings is 2. The van der Waals surface area contributed by atoms with Gasteiger partial charge in [0.2, 0.25) is 5.91 Å². The smallest absolute Gasteiger partial charge is 0.331 e. The Labute approximate surface area is 165 Å². The molecule has 0 saturated carbocycles. The lowest BCUT2D eigenvalue weighted by Gasteiger charge is -2.17. The number of amides is 3. The molecular formula is C19H20F3N3O2S. The predicted octanol–water partition coefficient (Wildman–Crippen LogP) is 5.18. The molecule has 2 aromatic rings. The number of anilines is 2. The van der Waals surface area contributed by atoms with Gasteiger partial charge in [0.05, 0.1) is 17.5 Å². The van der Waals surface area contributed by atoms with Crippen LogP contribution in [0.5, 0.6) is 0 Å². The van der Waals surface area contributed by atoms with Crippen molar-refractivity contribution in [2.45, 2.75) is 31.0 Å². The van der Waals surface area contributed by atoms with E-state index in [1.54, 1.807) is 49.4 Å². The molecule has 0 radical (unpaired) electrons. The standard InChI is InChI=1S/C19H20F3N3O2S/c1-12(14-6-5-7-15(10-14)24-13(2)26)23-18(27)25-16-8-3-4-9-17(16)28-11-19(20,21)22/h3-10,12H,11H2,1-2H3,(H,24,26)(H2,23,25,27). The van der Waals surface area contributed by atoms with Gasteiger partial charge in [0, 0.05) is 17.5 Å². The topological polar surface area (TPSA) is 70.2 Å². The minimum Gasteiger partial charge on any atom is -0.331 e. The van der Waals surface area contributed by atoms with Crippen LogP contribution in [-0.2, 0) is 4.79 Å². The Bertz CT molecular complexity index is 843. The maximum Gasteiger partial charge on any atom is 0.398 e. The fourth-order valence-corrected chi connectivity index (χ4v) is 3.15. The van der Waals surface area contributed by atoms with Crippen LogP contribution in [0.2, 0.25) is 0 Å². The Hall–Kier alpha value is -2.68. The van der Waals surface area contributed by atoms with Crippen molar-refractivity contribution in [1.82, 2.24) is 5.32 Å². The second-order valence-corrected chi connectivity index (χ2v) is 7.04. The highest BCUT2D eigenvalue weighted by Gasteiger charge is 2.27. The van der Waals surface area contributed by atoms with Gasteiger partial charge in [-0.1, -0.05) is 24.3 Å². The van der Waals surface area contributed by atoms with Crippen LogP contribution in [0, 0.1) is 0 Å². The molecule has 0 spiro atoms. The zero-order valence-electron chi connectivity index (χ0n) is 15.3. The molecule has 0 fully saturated rings. The van der Waals surface area contributed by atoms with Gasteiger partial charge in [-0.3, -0.25) is 4.79 Å². The maximum atomic E-state index is 12.5. The van der Waals surface area contributed by atoms with Crippen molar-refractivity contribution < 1.29 is 22.8 Å². The third-order valence-corrected chi connectivity index (χ3v) is 4.72. The first-order valence-corrected chi connectivity index (χ1v) is 9.36. The van der Waals surface area contributed by atoms with Crippen LogP contribution in [0.4, 0.5) is 29.3 Å². The van der Waals surface area contributed by atoms with Crippen molar-refractivity contribution in [2.75, 3.05) is 16.4 Å². The molecule has 2 rings (SSSR count). The van der Waals surface area contributed by atoms with Gasteiger partial charge >= 0.3 is 12.2 Å². The van der Waals surface area contributed by atoms with Crippen LogP contribution < -0.4 is 16.0 Å². The molecule has 0 bridgehead atoms. The first kappa shape index (κ1) is 21.6. The molecule has 3 N–H and O–H groups in total. The lowest BCUT2D eigenvalue weighted by Crippen LogP contribution is -2.31. The number of alkyl halides is 3. The molecule has 0 aliphatic heterocycles. The molecule has 2 aromatic carbocycles. The summed E-state index contributed by atoms with van der Waals surface area (Å²) in [6.45, 7) is 3.16. The number of halogens is 3. The Morgan fingerprint density at radius 2 is 1.79 bits per heavy atom. The van der Waals surface area contributed by atoms with Gasteiger partial charge in [-0.15, -0.1) is 11.8 Å². The van der Waals surface area contributed by atoms with E-state index in [9.17, 15) is 22.8 Å². The molecule has 150 valence electrons. The van der Waals surface area contributed by atoms with E-state index in [2.05, 4.69) is 16.0 Å². The zero-order chi connectivity index (χ0) is 20.7. The van der Waals surface area contributed by atoms with Crippen molar-refractivity contribution >= 4 is 35.1 Å². The van der Waals surface area contributed by atoms with Crippen molar-refractivity contribution in [2.24, 2.45) is 0 Å². The maximum absolute atomic E-state index is 12.5. The number of rotatable bonds is 6. The summed E-state index contributed by atoms with van der Waals surface area (Å²) < 4.78 is 37.4. The second kappa shape index (κ2) is 9.50. The van der Waals surface area contributed by atoms with Gasteiger partial charge in [-0.2, -0.15) is 13.2 Å². The van der Waals surface area contributed by atoms with E-state index >= 15 is 0 Å². The van der Waals surface area contributed by atoms with Gasteiger partial charge in [0.15, 0.2) is 0 Å². The molecule has 5 nitrogen and oxygen atoms in total. The van der Waals surface area contributed by atoms with Crippen molar-refractivity contribution in [1.29, 1.82) is 0 Å². The van der Waals surface area contributed by atoms with Crippen LogP contribution >= 0.6 is 11.8 Å². The van der Waals surface area contributed by atoms with Gasteiger partial charge < -0.3 is 16.0 Å². The monoisotopic (exact) mass is 411 g/mol.